The molecule has 7 atom stereocenters. The Morgan fingerprint density at radius 1 is 0.791 bits per heavy atom. The van der Waals surface area contributed by atoms with E-state index >= 15 is 0 Å². The Hall–Kier alpha value is -1.59. The second-order valence-electron chi connectivity index (χ2n) is 11.6. The van der Waals surface area contributed by atoms with Gasteiger partial charge in [-0.3, -0.25) is 4.79 Å². The van der Waals surface area contributed by atoms with Gasteiger partial charge in [-0.2, -0.15) is 0 Å². The fourth-order valence-corrected chi connectivity index (χ4v) is 4.89. The van der Waals surface area contributed by atoms with E-state index in [1.807, 2.05) is 6.08 Å². The van der Waals surface area contributed by atoms with Gasteiger partial charge in [-0.15, -0.1) is 0 Å². The van der Waals surface area contributed by atoms with Crippen molar-refractivity contribution in [2.45, 2.75) is 159 Å². The van der Waals surface area contributed by atoms with Gasteiger partial charge in [0.2, 0.25) is 5.91 Å². The Kier molecular flexibility index (Phi) is 23.6. The molecule has 1 heterocycles. The predicted octanol–water partition coefficient (Wildman–Crippen LogP) is 4.60. The van der Waals surface area contributed by atoms with Crippen molar-refractivity contribution in [2.24, 2.45) is 0 Å². The first kappa shape index (κ1) is 39.4. The first-order valence-electron chi connectivity index (χ1n) is 16.7. The zero-order valence-corrected chi connectivity index (χ0v) is 26.7. The lowest BCUT2D eigenvalue weighted by atomic mass is 9.99. The van der Waals surface area contributed by atoms with Crippen LogP contribution in [0.15, 0.2) is 36.5 Å². The number of carbonyl (C=O) groups is 1. The number of rotatable bonds is 25. The highest BCUT2D eigenvalue weighted by atomic mass is 16.7. The van der Waals surface area contributed by atoms with Gasteiger partial charge in [-0.25, -0.2) is 0 Å². The second kappa shape index (κ2) is 25.7. The largest absolute Gasteiger partial charge is 0.394 e. The monoisotopic (exact) mass is 611 g/mol. The number of aliphatic hydroxyl groups is 5. The van der Waals surface area contributed by atoms with Crippen LogP contribution in [0.4, 0.5) is 0 Å². The summed E-state index contributed by atoms with van der Waals surface area (Å²) < 4.78 is 11.0. The number of carbonyl (C=O) groups excluding carboxylic acids is 1. The van der Waals surface area contributed by atoms with Crippen molar-refractivity contribution in [3.8, 4) is 0 Å². The number of hydrogen-bond donors (Lipinski definition) is 6. The summed E-state index contributed by atoms with van der Waals surface area (Å²) in [6, 6.07) is -0.805. The molecule has 1 aliphatic rings. The number of allylic oxidation sites excluding steroid dienone is 5. The summed E-state index contributed by atoms with van der Waals surface area (Å²) in [6.45, 7) is 3.58. The Bertz CT molecular complexity index is 771. The molecule has 6 N–H and O–H groups in total. The van der Waals surface area contributed by atoms with Gasteiger partial charge in [0.05, 0.1) is 25.4 Å². The Balaban J connectivity index is 2.42. The topological polar surface area (TPSA) is 149 Å². The molecule has 7 unspecified atom stereocenters. The molecule has 0 aromatic carbocycles. The van der Waals surface area contributed by atoms with E-state index in [0.717, 1.165) is 70.6 Å². The van der Waals surface area contributed by atoms with Gasteiger partial charge in [0, 0.05) is 6.42 Å². The van der Waals surface area contributed by atoms with Crippen molar-refractivity contribution in [3.05, 3.63) is 36.5 Å². The normalized spacial score (nSPS) is 24.3. The van der Waals surface area contributed by atoms with Crippen LogP contribution in [-0.4, -0.2) is 87.5 Å². The number of hydrogen-bond acceptors (Lipinski definition) is 8. The summed E-state index contributed by atoms with van der Waals surface area (Å²) in [6.07, 6.45) is 20.9. The molecule has 1 rings (SSSR count). The third-order valence-corrected chi connectivity index (χ3v) is 7.71. The highest BCUT2D eigenvalue weighted by molar-refractivity contribution is 5.76. The summed E-state index contributed by atoms with van der Waals surface area (Å²) in [5, 5.41) is 53.3. The molecule has 0 aromatic heterocycles. The SMILES string of the molecule is CCCCC/C=C\C/C=C\CCCCCCCC(=O)NC(COC1OC(CO)C(O)C(O)C1O)C(O)/C=C/CCCCC. The number of amides is 1. The van der Waals surface area contributed by atoms with Crippen LogP contribution in [-0.2, 0) is 14.3 Å². The average molecular weight is 612 g/mol. The average Bonchev–Trinajstić information content (AvgIpc) is 3.00. The molecule has 0 aliphatic carbocycles. The van der Waals surface area contributed by atoms with E-state index in [0.29, 0.717) is 6.42 Å². The van der Waals surface area contributed by atoms with Crippen molar-refractivity contribution in [1.82, 2.24) is 5.32 Å². The van der Waals surface area contributed by atoms with Crippen molar-refractivity contribution in [2.75, 3.05) is 13.2 Å². The Morgan fingerprint density at radius 3 is 2.00 bits per heavy atom. The number of unbranched alkanes of at least 4 members (excludes halogenated alkanes) is 11. The molecule has 0 bridgehead atoms. The Morgan fingerprint density at radius 2 is 1.37 bits per heavy atom. The molecule has 43 heavy (non-hydrogen) atoms. The highest BCUT2D eigenvalue weighted by Gasteiger charge is 2.44. The van der Waals surface area contributed by atoms with Crippen molar-refractivity contribution < 1.29 is 39.8 Å². The molecular formula is C34H61NO8. The van der Waals surface area contributed by atoms with Crippen LogP contribution < -0.4 is 5.32 Å². The van der Waals surface area contributed by atoms with Crippen LogP contribution in [0.1, 0.15) is 117 Å². The van der Waals surface area contributed by atoms with E-state index in [9.17, 15) is 30.3 Å². The molecule has 1 saturated heterocycles. The zero-order valence-electron chi connectivity index (χ0n) is 26.7. The van der Waals surface area contributed by atoms with Gasteiger partial charge in [-0.1, -0.05) is 95.2 Å². The first-order valence-corrected chi connectivity index (χ1v) is 16.7. The maximum absolute atomic E-state index is 12.7. The fraction of sp³-hybridized carbons (Fsp3) is 0.794. The molecule has 250 valence electrons. The minimum atomic E-state index is -1.56. The van der Waals surface area contributed by atoms with Gasteiger partial charge < -0.3 is 40.3 Å². The van der Waals surface area contributed by atoms with E-state index < -0.39 is 49.5 Å². The van der Waals surface area contributed by atoms with Crippen LogP contribution in [0.25, 0.3) is 0 Å². The number of ether oxygens (including phenoxy) is 2. The first-order chi connectivity index (χ1) is 20.8. The summed E-state index contributed by atoms with van der Waals surface area (Å²) >= 11 is 0. The zero-order chi connectivity index (χ0) is 31.7. The van der Waals surface area contributed by atoms with Gasteiger partial charge in [0.15, 0.2) is 6.29 Å². The number of nitrogens with one attached hydrogen (secondary N) is 1. The maximum Gasteiger partial charge on any atom is 0.220 e. The Labute approximate surface area is 260 Å². The molecule has 1 fully saturated rings. The third-order valence-electron chi connectivity index (χ3n) is 7.71. The summed E-state index contributed by atoms with van der Waals surface area (Å²) in [4.78, 5) is 12.7. The van der Waals surface area contributed by atoms with Crippen LogP contribution in [0.3, 0.4) is 0 Å². The number of aliphatic hydroxyl groups excluding tert-OH is 5. The van der Waals surface area contributed by atoms with E-state index in [1.54, 1.807) is 6.08 Å². The smallest absolute Gasteiger partial charge is 0.220 e. The van der Waals surface area contributed by atoms with Gasteiger partial charge in [-0.05, 0) is 51.4 Å². The van der Waals surface area contributed by atoms with Crippen LogP contribution in [0.5, 0.6) is 0 Å². The quantitative estimate of drug-likeness (QED) is 0.0648. The molecular weight excluding hydrogens is 550 g/mol. The molecule has 1 aliphatic heterocycles. The lowest BCUT2D eigenvalue weighted by Gasteiger charge is -2.40. The lowest BCUT2D eigenvalue weighted by Crippen LogP contribution is -2.60. The second-order valence-corrected chi connectivity index (χ2v) is 11.6. The van der Waals surface area contributed by atoms with E-state index in [2.05, 4.69) is 43.5 Å². The molecule has 0 saturated carbocycles. The van der Waals surface area contributed by atoms with Crippen LogP contribution in [0, 0.1) is 0 Å². The predicted molar refractivity (Wildman–Crippen MR) is 170 cm³/mol. The molecule has 0 radical (unpaired) electrons. The minimum Gasteiger partial charge on any atom is -0.394 e. The highest BCUT2D eigenvalue weighted by Crippen LogP contribution is 2.22. The summed E-state index contributed by atoms with van der Waals surface area (Å²) in [5.41, 5.74) is 0. The molecule has 9 nitrogen and oxygen atoms in total. The van der Waals surface area contributed by atoms with E-state index in [4.69, 9.17) is 9.47 Å². The third kappa shape index (κ3) is 18.1. The van der Waals surface area contributed by atoms with Crippen molar-refractivity contribution >= 4 is 5.91 Å². The molecule has 1 amide bonds. The fourth-order valence-electron chi connectivity index (χ4n) is 4.89. The van der Waals surface area contributed by atoms with Crippen molar-refractivity contribution in [3.63, 3.8) is 0 Å². The minimum absolute atomic E-state index is 0.197. The molecule has 0 aromatic rings. The maximum atomic E-state index is 12.7. The standard InChI is InChI=1S/C34H61NO8/c1-3-5-7-9-10-11-12-13-14-15-16-17-18-20-22-24-30(38)35-27(28(37)23-21-19-8-6-4-2)26-42-34-33(41)32(40)31(39)29(25-36)43-34/h10-11,13-14,21,23,27-29,31-34,36-37,39-41H,3-9,12,15-20,22,24-26H2,1-2H3,(H,35,38)/b11-10-,14-13-,23-21+. The van der Waals surface area contributed by atoms with Gasteiger partial charge >= 0.3 is 0 Å². The van der Waals surface area contributed by atoms with Crippen LogP contribution >= 0.6 is 0 Å². The van der Waals surface area contributed by atoms with Gasteiger partial charge in [0.25, 0.3) is 0 Å². The molecule has 9 heteroatoms. The molecule has 0 spiro atoms. The van der Waals surface area contributed by atoms with Crippen molar-refractivity contribution in [1.29, 1.82) is 0 Å². The van der Waals surface area contributed by atoms with E-state index in [-0.39, 0.29) is 12.5 Å². The van der Waals surface area contributed by atoms with E-state index in [1.165, 1.54) is 25.7 Å². The van der Waals surface area contributed by atoms with Crippen LogP contribution in [0.2, 0.25) is 0 Å². The summed E-state index contributed by atoms with van der Waals surface area (Å²) in [7, 11) is 0. The summed E-state index contributed by atoms with van der Waals surface area (Å²) in [5.74, 6) is -0.202. The lowest BCUT2D eigenvalue weighted by molar-refractivity contribution is -0.302. The van der Waals surface area contributed by atoms with Gasteiger partial charge in [0.1, 0.15) is 24.4 Å².